The van der Waals surface area contributed by atoms with Crippen LogP contribution in [0.3, 0.4) is 0 Å². The molecule has 1 aromatic carbocycles. The first-order chi connectivity index (χ1) is 12.1. The molecule has 0 spiro atoms. The van der Waals surface area contributed by atoms with Gasteiger partial charge in [0, 0.05) is 34.6 Å². The highest BCUT2D eigenvalue weighted by atomic mass is 79.9. The molecule has 0 aliphatic heterocycles. The zero-order valence-electron chi connectivity index (χ0n) is 14.3. The second-order valence-electron chi connectivity index (χ2n) is 5.84. The summed E-state index contributed by atoms with van der Waals surface area (Å²) >= 11 is 3.41. The lowest BCUT2D eigenvalue weighted by molar-refractivity contribution is 0.419. The van der Waals surface area contributed by atoms with E-state index in [-0.39, 0.29) is 5.56 Å². The second-order valence-corrected chi connectivity index (χ2v) is 6.63. The summed E-state index contributed by atoms with van der Waals surface area (Å²) in [6.45, 7) is 2.57. The maximum absolute atomic E-state index is 12.1. The molecule has 130 valence electrons. The van der Waals surface area contributed by atoms with Crippen molar-refractivity contribution in [2.45, 2.75) is 26.3 Å². The van der Waals surface area contributed by atoms with E-state index in [4.69, 9.17) is 4.74 Å². The van der Waals surface area contributed by atoms with E-state index in [1.165, 1.54) is 4.68 Å². The molecule has 3 aromatic rings. The van der Waals surface area contributed by atoms with Crippen LogP contribution in [0, 0.1) is 6.92 Å². The maximum atomic E-state index is 12.1. The number of aromatic nitrogens is 3. The van der Waals surface area contributed by atoms with Gasteiger partial charge in [-0.3, -0.25) is 4.79 Å². The molecule has 0 saturated carbocycles. The number of aryl methyl sites for hydroxylation is 2. The molecule has 6 heteroatoms. The van der Waals surface area contributed by atoms with E-state index in [2.05, 4.69) is 26.0 Å². The minimum atomic E-state index is -0.0786. The predicted molar refractivity (Wildman–Crippen MR) is 104 cm³/mol. The highest BCUT2D eigenvalue weighted by Crippen LogP contribution is 2.32. The van der Waals surface area contributed by atoms with Crippen LogP contribution in [-0.2, 0) is 6.54 Å². The average molecular weight is 402 g/mol. The molecule has 0 amide bonds. The van der Waals surface area contributed by atoms with Crippen molar-refractivity contribution < 1.29 is 4.74 Å². The van der Waals surface area contributed by atoms with Crippen LogP contribution in [0.5, 0.6) is 5.75 Å². The van der Waals surface area contributed by atoms with E-state index in [9.17, 15) is 4.79 Å². The van der Waals surface area contributed by atoms with Gasteiger partial charge < -0.3 is 4.74 Å². The number of methoxy groups -OCH3 is 1. The monoisotopic (exact) mass is 401 g/mol. The van der Waals surface area contributed by atoms with E-state index in [0.29, 0.717) is 6.54 Å². The van der Waals surface area contributed by atoms with Crippen molar-refractivity contribution in [3.8, 4) is 17.0 Å². The molecule has 5 nitrogen and oxygen atoms in total. The number of hydrogen-bond acceptors (Lipinski definition) is 4. The van der Waals surface area contributed by atoms with Gasteiger partial charge in [-0.1, -0.05) is 22.0 Å². The largest absolute Gasteiger partial charge is 0.494 e. The Hall–Kier alpha value is -2.21. The number of nitrogens with zero attached hydrogens (tertiary/aromatic N) is 3. The van der Waals surface area contributed by atoms with Crippen molar-refractivity contribution in [3.05, 3.63) is 52.4 Å². The molecule has 25 heavy (non-hydrogen) atoms. The Bertz CT molecular complexity index is 953. The van der Waals surface area contributed by atoms with Crippen LogP contribution in [-0.4, -0.2) is 27.2 Å². The molecule has 0 aliphatic carbocycles. The van der Waals surface area contributed by atoms with Crippen molar-refractivity contribution in [1.29, 1.82) is 0 Å². The molecule has 2 heterocycles. The van der Waals surface area contributed by atoms with E-state index >= 15 is 0 Å². The Morgan fingerprint density at radius 1 is 1.12 bits per heavy atom. The average Bonchev–Trinajstić information content (AvgIpc) is 2.62. The molecule has 0 N–H and O–H groups in total. The molecule has 0 unspecified atom stereocenters. The predicted octanol–water partition coefficient (Wildman–Crippen LogP) is 3.95. The Balaban J connectivity index is 2.10. The number of ether oxygens (including phenoxy) is 1. The molecule has 2 aromatic heterocycles. The summed E-state index contributed by atoms with van der Waals surface area (Å²) in [7, 11) is 1.64. The summed E-state index contributed by atoms with van der Waals surface area (Å²) in [6, 6.07) is 11.2. The number of pyridine rings is 1. The van der Waals surface area contributed by atoms with Crippen LogP contribution in [0.25, 0.3) is 22.2 Å². The topological polar surface area (TPSA) is 57.0 Å². The summed E-state index contributed by atoms with van der Waals surface area (Å²) in [5.41, 5.74) is 3.36. The Morgan fingerprint density at radius 3 is 2.72 bits per heavy atom. The molecule has 0 saturated heterocycles. The minimum absolute atomic E-state index is 0.0786. The van der Waals surface area contributed by atoms with Gasteiger partial charge in [-0.2, -0.15) is 5.10 Å². The van der Waals surface area contributed by atoms with E-state index in [1.807, 2.05) is 31.2 Å². The summed E-state index contributed by atoms with van der Waals surface area (Å²) in [4.78, 5) is 16.7. The quantitative estimate of drug-likeness (QED) is 0.463. The highest BCUT2D eigenvalue weighted by Gasteiger charge is 2.12. The molecule has 0 radical (unpaired) electrons. The van der Waals surface area contributed by atoms with Gasteiger partial charge in [0.05, 0.1) is 12.8 Å². The number of alkyl halides is 1. The molecule has 3 rings (SSSR count). The van der Waals surface area contributed by atoms with Crippen molar-refractivity contribution in [1.82, 2.24) is 14.8 Å². The maximum Gasteiger partial charge on any atom is 0.266 e. The third kappa shape index (κ3) is 3.74. The first kappa shape index (κ1) is 17.6. The van der Waals surface area contributed by atoms with E-state index in [1.54, 1.807) is 19.2 Å². The number of rotatable bonds is 6. The van der Waals surface area contributed by atoms with Crippen LogP contribution >= 0.6 is 15.9 Å². The molecule has 0 aliphatic rings. The van der Waals surface area contributed by atoms with Crippen molar-refractivity contribution >= 4 is 26.8 Å². The molecule has 0 fully saturated rings. The fourth-order valence-corrected chi connectivity index (χ4v) is 3.18. The van der Waals surface area contributed by atoms with Crippen LogP contribution < -0.4 is 10.3 Å². The third-order valence-electron chi connectivity index (χ3n) is 4.08. The van der Waals surface area contributed by atoms with Gasteiger partial charge in [0.2, 0.25) is 0 Å². The first-order valence-corrected chi connectivity index (χ1v) is 9.35. The van der Waals surface area contributed by atoms with Crippen LogP contribution in [0.1, 0.15) is 18.5 Å². The standard InChI is InChI=1S/C19H20BrN3O2/c1-13-5-6-15-14(7-9-17(25-2)19(15)21-13)16-8-10-18(24)23(22-16)12-4-3-11-20/h5-10H,3-4,11-12H2,1-2H3. The van der Waals surface area contributed by atoms with E-state index < -0.39 is 0 Å². The van der Waals surface area contributed by atoms with Crippen LogP contribution in [0.15, 0.2) is 41.2 Å². The van der Waals surface area contributed by atoms with Gasteiger partial charge in [-0.25, -0.2) is 9.67 Å². The van der Waals surface area contributed by atoms with Gasteiger partial charge in [0.15, 0.2) is 0 Å². The summed E-state index contributed by atoms with van der Waals surface area (Å²) in [5, 5.41) is 6.45. The lowest BCUT2D eigenvalue weighted by Gasteiger charge is -2.11. The number of hydrogen-bond donors (Lipinski definition) is 0. The number of unbranched alkanes of at least 4 members (excludes halogenated alkanes) is 1. The van der Waals surface area contributed by atoms with E-state index in [0.717, 1.165) is 51.8 Å². The van der Waals surface area contributed by atoms with Gasteiger partial charge in [0.25, 0.3) is 5.56 Å². The summed E-state index contributed by atoms with van der Waals surface area (Å²) in [5.74, 6) is 0.730. The zero-order chi connectivity index (χ0) is 17.8. The minimum Gasteiger partial charge on any atom is -0.494 e. The molecule has 0 bridgehead atoms. The fraction of sp³-hybridized carbons (Fsp3) is 0.316. The lowest BCUT2D eigenvalue weighted by Crippen LogP contribution is -2.22. The smallest absolute Gasteiger partial charge is 0.266 e. The fourth-order valence-electron chi connectivity index (χ4n) is 2.79. The number of fused-ring (bicyclic) bond motifs is 1. The molecular weight excluding hydrogens is 382 g/mol. The SMILES string of the molecule is COc1ccc(-c2ccc(=O)n(CCCCBr)n2)c2ccc(C)nc12. The highest BCUT2D eigenvalue weighted by molar-refractivity contribution is 9.09. The molecular formula is C19H20BrN3O2. The Kier molecular flexibility index (Phi) is 5.48. The van der Waals surface area contributed by atoms with Crippen molar-refractivity contribution in [2.75, 3.05) is 12.4 Å². The van der Waals surface area contributed by atoms with Crippen LogP contribution in [0.2, 0.25) is 0 Å². The summed E-state index contributed by atoms with van der Waals surface area (Å²) in [6.07, 6.45) is 1.92. The summed E-state index contributed by atoms with van der Waals surface area (Å²) < 4.78 is 6.98. The molecule has 0 atom stereocenters. The van der Waals surface area contributed by atoms with Gasteiger partial charge in [-0.15, -0.1) is 0 Å². The normalized spacial score (nSPS) is 11.0. The Morgan fingerprint density at radius 2 is 1.96 bits per heavy atom. The van der Waals surface area contributed by atoms with Crippen LogP contribution in [0.4, 0.5) is 0 Å². The number of benzene rings is 1. The Labute approximate surface area is 154 Å². The van der Waals surface area contributed by atoms with Gasteiger partial charge in [-0.05, 0) is 44.0 Å². The van der Waals surface area contributed by atoms with Crippen molar-refractivity contribution in [3.63, 3.8) is 0 Å². The number of halogens is 1. The third-order valence-corrected chi connectivity index (χ3v) is 4.64. The van der Waals surface area contributed by atoms with Gasteiger partial charge >= 0.3 is 0 Å². The first-order valence-electron chi connectivity index (χ1n) is 8.23. The second kappa shape index (κ2) is 7.78. The van der Waals surface area contributed by atoms with Gasteiger partial charge in [0.1, 0.15) is 11.3 Å². The zero-order valence-corrected chi connectivity index (χ0v) is 15.9. The lowest BCUT2D eigenvalue weighted by atomic mass is 10.0. The van der Waals surface area contributed by atoms with Crippen molar-refractivity contribution in [2.24, 2.45) is 0 Å².